The number of aryl methyl sites for hydroxylation is 1. The third kappa shape index (κ3) is 2.47. The number of anilines is 2. The number of pyridine rings is 1. The van der Waals surface area contributed by atoms with Crippen LogP contribution in [-0.2, 0) is 6.42 Å². The van der Waals surface area contributed by atoms with Gasteiger partial charge in [-0.3, -0.25) is 0 Å². The zero-order chi connectivity index (χ0) is 13.9. The normalized spacial score (nSPS) is 10.7. The maximum atomic E-state index is 6.11. The minimum atomic E-state index is 0.500. The molecule has 1 heterocycles. The summed E-state index contributed by atoms with van der Waals surface area (Å²) in [5.41, 5.74) is 4.28. The van der Waals surface area contributed by atoms with Gasteiger partial charge in [0.15, 0.2) is 0 Å². The highest BCUT2D eigenvalue weighted by Crippen LogP contribution is 2.29. The average molecular weight is 283 g/mol. The van der Waals surface area contributed by atoms with Crippen LogP contribution in [0, 0.1) is 0 Å². The van der Waals surface area contributed by atoms with Crippen LogP contribution >= 0.6 is 11.6 Å². The molecule has 0 amide bonds. The topological polar surface area (TPSA) is 24.9 Å². The first kappa shape index (κ1) is 12.9. The van der Waals surface area contributed by atoms with E-state index in [0.29, 0.717) is 5.15 Å². The number of halogens is 1. The molecule has 100 valence electrons. The van der Waals surface area contributed by atoms with Gasteiger partial charge in [-0.2, -0.15) is 0 Å². The second-order valence-corrected chi connectivity index (χ2v) is 5.03. The quantitative estimate of drug-likeness (QED) is 0.668. The lowest BCUT2D eigenvalue weighted by Gasteiger charge is -2.13. The first-order chi connectivity index (χ1) is 9.78. The van der Waals surface area contributed by atoms with E-state index in [-0.39, 0.29) is 0 Å². The van der Waals surface area contributed by atoms with Gasteiger partial charge in [0.1, 0.15) is 5.15 Å². The lowest BCUT2D eigenvalue weighted by Crippen LogP contribution is -1.96. The predicted octanol–water partition coefficient (Wildman–Crippen LogP) is 5.19. The molecule has 0 bridgehead atoms. The van der Waals surface area contributed by atoms with Gasteiger partial charge in [0.25, 0.3) is 0 Å². The number of hydrogen-bond donors (Lipinski definition) is 1. The predicted molar refractivity (Wildman–Crippen MR) is 85.9 cm³/mol. The second-order valence-electron chi connectivity index (χ2n) is 4.65. The number of nitrogens with zero attached hydrogens (tertiary/aromatic N) is 1. The van der Waals surface area contributed by atoms with Crippen LogP contribution in [0.1, 0.15) is 12.5 Å². The van der Waals surface area contributed by atoms with Crippen molar-refractivity contribution in [3.8, 4) is 0 Å². The van der Waals surface area contributed by atoms with Gasteiger partial charge in [-0.1, -0.05) is 54.9 Å². The largest absolute Gasteiger partial charge is 0.355 e. The number of benzene rings is 2. The van der Waals surface area contributed by atoms with Crippen molar-refractivity contribution < 1.29 is 0 Å². The van der Waals surface area contributed by atoms with Crippen molar-refractivity contribution in [1.29, 1.82) is 0 Å². The molecule has 0 unspecified atom stereocenters. The van der Waals surface area contributed by atoms with Gasteiger partial charge in [0, 0.05) is 11.1 Å². The highest BCUT2D eigenvalue weighted by atomic mass is 35.5. The molecule has 0 aliphatic carbocycles. The van der Waals surface area contributed by atoms with Crippen LogP contribution in [0.5, 0.6) is 0 Å². The van der Waals surface area contributed by atoms with E-state index >= 15 is 0 Å². The van der Waals surface area contributed by atoms with Crippen LogP contribution < -0.4 is 5.32 Å². The van der Waals surface area contributed by atoms with Crippen molar-refractivity contribution in [1.82, 2.24) is 4.98 Å². The molecule has 0 spiro atoms. The summed E-state index contributed by atoms with van der Waals surface area (Å²) < 4.78 is 0. The van der Waals surface area contributed by atoms with Crippen molar-refractivity contribution in [3.05, 3.63) is 65.3 Å². The molecule has 1 aromatic heterocycles. The van der Waals surface area contributed by atoms with Crippen molar-refractivity contribution in [2.24, 2.45) is 0 Å². The Hall–Kier alpha value is -2.06. The van der Waals surface area contributed by atoms with Crippen molar-refractivity contribution in [3.63, 3.8) is 0 Å². The van der Waals surface area contributed by atoms with Crippen molar-refractivity contribution in [2.45, 2.75) is 13.3 Å². The molecule has 0 atom stereocenters. The summed E-state index contributed by atoms with van der Waals surface area (Å²) in [6.45, 7) is 2.15. The fraction of sp³-hybridized carbons (Fsp3) is 0.118. The summed E-state index contributed by atoms with van der Waals surface area (Å²) in [6.07, 6.45) is 0.986. The molecule has 0 fully saturated rings. The molecule has 0 saturated heterocycles. The summed E-state index contributed by atoms with van der Waals surface area (Å²) in [5, 5.41) is 5.06. The summed E-state index contributed by atoms with van der Waals surface area (Å²) in [6, 6.07) is 18.2. The average Bonchev–Trinajstić information content (AvgIpc) is 2.47. The fourth-order valence-corrected chi connectivity index (χ4v) is 2.54. The number of rotatable bonds is 3. The molecule has 2 nitrogen and oxygen atoms in total. The van der Waals surface area contributed by atoms with Gasteiger partial charge in [0.05, 0.1) is 11.2 Å². The van der Waals surface area contributed by atoms with Gasteiger partial charge in [-0.05, 0) is 30.2 Å². The zero-order valence-electron chi connectivity index (χ0n) is 11.2. The number of hydrogen-bond acceptors (Lipinski definition) is 2. The summed E-state index contributed by atoms with van der Waals surface area (Å²) >= 11 is 6.11. The standard InChI is InChI=1S/C17H15ClN2/c1-2-12-7-3-5-9-14(12)19-16-11-17(18)20-15-10-6-4-8-13(15)16/h3-11H,2H2,1H3,(H,19,20). The van der Waals surface area contributed by atoms with E-state index < -0.39 is 0 Å². The molecule has 20 heavy (non-hydrogen) atoms. The van der Waals surface area contributed by atoms with Crippen molar-refractivity contribution in [2.75, 3.05) is 5.32 Å². The Bertz CT molecular complexity index is 753. The minimum Gasteiger partial charge on any atom is -0.355 e. The van der Waals surface area contributed by atoms with Crippen LogP contribution in [0.4, 0.5) is 11.4 Å². The number of nitrogens with one attached hydrogen (secondary N) is 1. The minimum absolute atomic E-state index is 0.500. The van der Waals surface area contributed by atoms with E-state index in [0.717, 1.165) is 28.7 Å². The Balaban J connectivity index is 2.10. The van der Waals surface area contributed by atoms with E-state index in [2.05, 4.69) is 41.5 Å². The maximum Gasteiger partial charge on any atom is 0.131 e. The van der Waals surface area contributed by atoms with Gasteiger partial charge in [0.2, 0.25) is 0 Å². The van der Waals surface area contributed by atoms with Crippen LogP contribution in [-0.4, -0.2) is 4.98 Å². The van der Waals surface area contributed by atoms with Gasteiger partial charge >= 0.3 is 0 Å². The lowest BCUT2D eigenvalue weighted by atomic mass is 10.1. The molecule has 0 saturated carbocycles. The molecule has 2 aromatic carbocycles. The molecule has 0 aliphatic heterocycles. The summed E-state index contributed by atoms with van der Waals surface area (Å²) in [5.74, 6) is 0. The van der Waals surface area contributed by atoms with Crippen LogP contribution in [0.15, 0.2) is 54.6 Å². The third-order valence-corrected chi connectivity index (χ3v) is 3.55. The van der Waals surface area contributed by atoms with Gasteiger partial charge in [-0.15, -0.1) is 0 Å². The van der Waals surface area contributed by atoms with E-state index in [1.54, 1.807) is 0 Å². The maximum absolute atomic E-state index is 6.11. The first-order valence-corrected chi connectivity index (χ1v) is 7.06. The molecule has 3 heteroatoms. The Morgan fingerprint density at radius 3 is 2.60 bits per heavy atom. The molecular formula is C17H15ClN2. The van der Waals surface area contributed by atoms with E-state index in [9.17, 15) is 0 Å². The molecular weight excluding hydrogens is 268 g/mol. The fourth-order valence-electron chi connectivity index (χ4n) is 2.34. The SMILES string of the molecule is CCc1ccccc1Nc1cc(Cl)nc2ccccc12. The Morgan fingerprint density at radius 1 is 1.00 bits per heavy atom. The van der Waals surface area contributed by atoms with Crippen molar-refractivity contribution >= 4 is 33.9 Å². The molecule has 1 N–H and O–H groups in total. The lowest BCUT2D eigenvalue weighted by molar-refractivity contribution is 1.14. The molecule has 0 aliphatic rings. The summed E-state index contributed by atoms with van der Waals surface area (Å²) in [7, 11) is 0. The highest BCUT2D eigenvalue weighted by molar-refractivity contribution is 6.30. The Kier molecular flexibility index (Phi) is 3.57. The van der Waals surface area contributed by atoms with Crippen LogP contribution in [0.3, 0.4) is 0 Å². The van der Waals surface area contributed by atoms with Crippen LogP contribution in [0.25, 0.3) is 10.9 Å². The number of para-hydroxylation sites is 2. The first-order valence-electron chi connectivity index (χ1n) is 6.68. The van der Waals surface area contributed by atoms with Crippen LogP contribution in [0.2, 0.25) is 5.15 Å². The number of aromatic nitrogens is 1. The second kappa shape index (κ2) is 5.51. The molecule has 0 radical (unpaired) electrons. The summed E-state index contributed by atoms with van der Waals surface area (Å²) in [4.78, 5) is 4.35. The van der Waals surface area contributed by atoms with E-state index in [1.807, 2.05) is 30.3 Å². The van der Waals surface area contributed by atoms with E-state index in [4.69, 9.17) is 11.6 Å². The smallest absolute Gasteiger partial charge is 0.131 e. The third-order valence-electron chi connectivity index (χ3n) is 3.35. The molecule has 3 rings (SSSR count). The Morgan fingerprint density at radius 2 is 1.75 bits per heavy atom. The highest BCUT2D eigenvalue weighted by Gasteiger charge is 2.06. The zero-order valence-corrected chi connectivity index (χ0v) is 12.0. The van der Waals surface area contributed by atoms with E-state index in [1.165, 1.54) is 5.56 Å². The monoisotopic (exact) mass is 282 g/mol. The number of fused-ring (bicyclic) bond motifs is 1. The molecule has 3 aromatic rings. The van der Waals surface area contributed by atoms with Gasteiger partial charge in [-0.25, -0.2) is 4.98 Å². The van der Waals surface area contributed by atoms with Gasteiger partial charge < -0.3 is 5.32 Å². The Labute approximate surface area is 123 Å².